The number of nitrogens with one attached hydrogen (secondary N) is 1. The quantitative estimate of drug-likeness (QED) is 0.358. The minimum atomic E-state index is -1.32. The summed E-state index contributed by atoms with van der Waals surface area (Å²) in [5.74, 6) is -1.66. The van der Waals surface area contributed by atoms with Crippen LogP contribution < -0.4 is 15.6 Å². The molecule has 4 aromatic rings. The maximum atomic E-state index is 15.3. The Morgan fingerprint density at radius 2 is 1.73 bits per heavy atom. The van der Waals surface area contributed by atoms with Gasteiger partial charge >= 0.3 is 5.97 Å². The molecule has 1 aromatic heterocycles. The van der Waals surface area contributed by atoms with E-state index in [-0.39, 0.29) is 39.4 Å². The summed E-state index contributed by atoms with van der Waals surface area (Å²) in [6.07, 6.45) is 1.59. The Balaban J connectivity index is 1.43. The Hall–Kier alpha value is -3.68. The average Bonchev–Trinajstić information content (AvgIpc) is 3.75. The highest BCUT2D eigenvalue weighted by molar-refractivity contribution is 6.31. The summed E-state index contributed by atoms with van der Waals surface area (Å²) in [5, 5.41) is 13.7. The molecule has 188 valence electrons. The van der Waals surface area contributed by atoms with E-state index in [1.165, 1.54) is 12.1 Å². The Bertz CT molecular complexity index is 1570. The first-order valence-electron chi connectivity index (χ1n) is 12.4. The van der Waals surface area contributed by atoms with Gasteiger partial charge in [0.25, 0.3) is 0 Å². The average molecular weight is 518 g/mol. The highest BCUT2D eigenvalue weighted by Crippen LogP contribution is 2.43. The van der Waals surface area contributed by atoms with E-state index in [1.54, 1.807) is 4.57 Å². The van der Waals surface area contributed by atoms with Crippen LogP contribution in [0.15, 0.2) is 71.5 Å². The summed E-state index contributed by atoms with van der Waals surface area (Å²) >= 11 is 6.05. The number of rotatable bonds is 5. The predicted octanol–water partition coefficient (Wildman–Crippen LogP) is 5.65. The Kier molecular flexibility index (Phi) is 5.97. The number of piperazine rings is 1. The standard InChI is InChI=1S/C29H25ClFN3O3/c30-20-14-22-26(23(31)15-20)34(21-10-11-21)28(25(27(22)35)29(36)37)33-13-12-32-24(16-33)19-8-6-18(7-9-19)17-4-2-1-3-5-17/h1-9,14-15,21,24,32H,10-13,16H2,(H,36,37). The second-order valence-corrected chi connectivity index (χ2v) is 10.1. The van der Waals surface area contributed by atoms with Crippen LogP contribution in [0.4, 0.5) is 10.2 Å². The molecule has 6 rings (SSSR count). The zero-order valence-electron chi connectivity index (χ0n) is 20.0. The summed E-state index contributed by atoms with van der Waals surface area (Å²) in [6, 6.07) is 20.8. The molecular weight excluding hydrogens is 493 g/mol. The van der Waals surface area contributed by atoms with Crippen LogP contribution in [-0.2, 0) is 0 Å². The number of carboxylic acid groups (broad SMARTS) is 1. The van der Waals surface area contributed by atoms with E-state index in [1.807, 2.05) is 23.1 Å². The Labute approximate surface area is 217 Å². The Morgan fingerprint density at radius 3 is 2.41 bits per heavy atom. The van der Waals surface area contributed by atoms with Gasteiger partial charge in [-0.1, -0.05) is 66.2 Å². The van der Waals surface area contributed by atoms with Crippen molar-refractivity contribution in [2.24, 2.45) is 0 Å². The number of hydrogen-bond acceptors (Lipinski definition) is 4. The van der Waals surface area contributed by atoms with Crippen LogP contribution in [0.1, 0.15) is 40.8 Å². The number of nitrogens with zero attached hydrogens (tertiary/aromatic N) is 2. The fraction of sp³-hybridized carbons (Fsp3) is 0.241. The first kappa shape index (κ1) is 23.7. The minimum absolute atomic E-state index is 0.00114. The third kappa shape index (κ3) is 4.28. The second kappa shape index (κ2) is 9.32. The highest BCUT2D eigenvalue weighted by Gasteiger charge is 2.36. The van der Waals surface area contributed by atoms with Crippen molar-refractivity contribution >= 4 is 34.3 Å². The maximum Gasteiger partial charge on any atom is 0.343 e. The van der Waals surface area contributed by atoms with Gasteiger partial charge in [-0.25, -0.2) is 9.18 Å². The zero-order chi connectivity index (χ0) is 25.7. The lowest BCUT2D eigenvalue weighted by atomic mass is 9.99. The number of aromatic carboxylic acids is 1. The van der Waals surface area contributed by atoms with Crippen molar-refractivity contribution < 1.29 is 14.3 Å². The fourth-order valence-corrected chi connectivity index (χ4v) is 5.55. The van der Waals surface area contributed by atoms with Gasteiger partial charge in [0, 0.05) is 36.7 Å². The smallest absolute Gasteiger partial charge is 0.343 e. The van der Waals surface area contributed by atoms with Crippen LogP contribution in [0.2, 0.25) is 5.02 Å². The molecule has 2 aliphatic rings. The lowest BCUT2D eigenvalue weighted by Gasteiger charge is -2.38. The maximum absolute atomic E-state index is 15.3. The molecule has 1 atom stereocenters. The van der Waals surface area contributed by atoms with Crippen LogP contribution >= 0.6 is 11.6 Å². The molecule has 37 heavy (non-hydrogen) atoms. The molecule has 1 aliphatic carbocycles. The first-order chi connectivity index (χ1) is 17.9. The number of halogens is 2. The summed E-state index contributed by atoms with van der Waals surface area (Å²) in [4.78, 5) is 27.7. The number of carboxylic acids is 1. The molecule has 6 nitrogen and oxygen atoms in total. The van der Waals surface area contributed by atoms with Gasteiger partial charge in [-0.2, -0.15) is 0 Å². The van der Waals surface area contributed by atoms with E-state index in [9.17, 15) is 14.7 Å². The molecule has 0 amide bonds. The Morgan fingerprint density at radius 1 is 1.03 bits per heavy atom. The number of fused-ring (bicyclic) bond motifs is 1. The van der Waals surface area contributed by atoms with Crippen molar-refractivity contribution in [3.8, 4) is 11.1 Å². The van der Waals surface area contributed by atoms with Crippen LogP contribution in [-0.4, -0.2) is 35.3 Å². The summed E-state index contributed by atoms with van der Waals surface area (Å²) in [5.41, 5.74) is 2.38. The molecule has 8 heteroatoms. The van der Waals surface area contributed by atoms with E-state index in [0.717, 1.165) is 29.5 Å². The zero-order valence-corrected chi connectivity index (χ0v) is 20.7. The van der Waals surface area contributed by atoms with Gasteiger partial charge in [0.05, 0.1) is 10.9 Å². The number of anilines is 1. The number of benzene rings is 3. The van der Waals surface area contributed by atoms with Crippen molar-refractivity contribution in [1.29, 1.82) is 0 Å². The van der Waals surface area contributed by atoms with Crippen LogP contribution in [0.3, 0.4) is 0 Å². The van der Waals surface area contributed by atoms with Crippen LogP contribution in [0.5, 0.6) is 0 Å². The van der Waals surface area contributed by atoms with Gasteiger partial charge in [0.15, 0.2) is 0 Å². The molecular formula is C29H25ClFN3O3. The van der Waals surface area contributed by atoms with Gasteiger partial charge in [-0.3, -0.25) is 4.79 Å². The molecule has 1 saturated heterocycles. The van der Waals surface area contributed by atoms with Gasteiger partial charge in [-0.15, -0.1) is 0 Å². The van der Waals surface area contributed by atoms with E-state index < -0.39 is 17.2 Å². The van der Waals surface area contributed by atoms with Crippen molar-refractivity contribution in [3.05, 3.63) is 98.9 Å². The van der Waals surface area contributed by atoms with Crippen molar-refractivity contribution in [2.45, 2.75) is 24.9 Å². The molecule has 2 fully saturated rings. The van der Waals surface area contributed by atoms with Gasteiger partial charge in [0.1, 0.15) is 17.2 Å². The number of aromatic nitrogens is 1. The van der Waals surface area contributed by atoms with E-state index in [0.29, 0.717) is 19.6 Å². The lowest BCUT2D eigenvalue weighted by Crippen LogP contribution is -2.48. The number of pyridine rings is 1. The molecule has 1 saturated carbocycles. The minimum Gasteiger partial charge on any atom is -0.477 e. The molecule has 0 bridgehead atoms. The van der Waals surface area contributed by atoms with Crippen LogP contribution in [0.25, 0.3) is 22.0 Å². The highest BCUT2D eigenvalue weighted by atomic mass is 35.5. The van der Waals surface area contributed by atoms with Gasteiger partial charge in [0.2, 0.25) is 5.43 Å². The van der Waals surface area contributed by atoms with Crippen molar-refractivity contribution in [1.82, 2.24) is 9.88 Å². The summed E-state index contributed by atoms with van der Waals surface area (Å²) in [7, 11) is 0. The third-order valence-corrected chi connectivity index (χ3v) is 7.43. The fourth-order valence-electron chi connectivity index (χ4n) is 5.34. The number of hydrogen-bond donors (Lipinski definition) is 2. The van der Waals surface area contributed by atoms with Gasteiger partial charge < -0.3 is 19.9 Å². The molecule has 2 N–H and O–H groups in total. The monoisotopic (exact) mass is 517 g/mol. The third-order valence-electron chi connectivity index (χ3n) is 7.21. The van der Waals surface area contributed by atoms with E-state index in [2.05, 4.69) is 41.7 Å². The molecule has 3 aromatic carbocycles. The first-order valence-corrected chi connectivity index (χ1v) is 12.7. The second-order valence-electron chi connectivity index (χ2n) is 9.66. The summed E-state index contributed by atoms with van der Waals surface area (Å²) in [6.45, 7) is 1.52. The summed E-state index contributed by atoms with van der Waals surface area (Å²) < 4.78 is 17.0. The molecule has 2 heterocycles. The predicted molar refractivity (Wildman–Crippen MR) is 143 cm³/mol. The van der Waals surface area contributed by atoms with E-state index >= 15 is 4.39 Å². The lowest BCUT2D eigenvalue weighted by molar-refractivity contribution is 0.0695. The normalized spacial score (nSPS) is 17.8. The van der Waals surface area contributed by atoms with Crippen LogP contribution in [0, 0.1) is 5.82 Å². The van der Waals surface area contributed by atoms with E-state index in [4.69, 9.17) is 11.6 Å². The van der Waals surface area contributed by atoms with Crippen molar-refractivity contribution in [3.63, 3.8) is 0 Å². The van der Waals surface area contributed by atoms with Crippen molar-refractivity contribution in [2.75, 3.05) is 24.5 Å². The van der Waals surface area contributed by atoms with Gasteiger partial charge in [-0.05, 0) is 41.7 Å². The topological polar surface area (TPSA) is 74.6 Å². The number of carbonyl (C=O) groups is 1. The molecule has 1 aliphatic heterocycles. The SMILES string of the molecule is O=C(O)c1c(N2CCNC(c3ccc(-c4ccccc4)cc3)C2)n(C2CC2)c2c(F)cc(Cl)cc2c1=O. The molecule has 1 unspecified atom stereocenters. The molecule has 0 radical (unpaired) electrons. The molecule has 0 spiro atoms. The largest absolute Gasteiger partial charge is 0.477 e.